The van der Waals surface area contributed by atoms with E-state index in [2.05, 4.69) is 34.3 Å². The Hall–Kier alpha value is -0.420. The molecule has 0 saturated heterocycles. The quantitative estimate of drug-likeness (QED) is 0.441. The first-order valence-corrected chi connectivity index (χ1v) is 14.5. The second-order valence-electron chi connectivity index (χ2n) is 14.7. The average molecular weight is 489 g/mol. The van der Waals surface area contributed by atoms with Crippen molar-refractivity contribution in [2.45, 2.75) is 98.0 Å². The maximum absolute atomic E-state index is 11.0. The summed E-state index contributed by atoms with van der Waals surface area (Å²) in [4.78, 5) is 0. The van der Waals surface area contributed by atoms with Gasteiger partial charge < -0.3 is 20.1 Å². The fraction of sp³-hybridized carbons (Fsp3) is 0.935. The molecule has 11 atom stereocenters. The summed E-state index contributed by atoms with van der Waals surface area (Å²) in [6.45, 7) is 15.3. The van der Waals surface area contributed by atoms with Gasteiger partial charge in [-0.05, 0) is 121 Å². The Balaban J connectivity index is 1.54. The molecule has 0 bridgehead atoms. The Kier molecular flexibility index (Phi) is 6.40. The second-order valence-corrected chi connectivity index (χ2v) is 14.7. The molecule has 3 unspecified atom stereocenters. The molecule has 0 radical (unpaired) electrons. The van der Waals surface area contributed by atoms with Crippen molar-refractivity contribution in [3.8, 4) is 0 Å². The zero-order valence-electron chi connectivity index (χ0n) is 23.1. The van der Waals surface area contributed by atoms with Crippen molar-refractivity contribution in [3.05, 3.63) is 12.2 Å². The number of rotatable bonds is 5. The number of aliphatic hydroxyl groups excluding tert-OH is 3. The first-order valence-electron chi connectivity index (χ1n) is 14.5. The lowest BCUT2D eigenvalue weighted by Gasteiger charge is -2.73. The van der Waals surface area contributed by atoms with E-state index < -0.39 is 6.10 Å². The first kappa shape index (κ1) is 26.2. The Labute approximate surface area is 213 Å². The largest absolute Gasteiger partial charge is 0.396 e. The summed E-state index contributed by atoms with van der Waals surface area (Å²) in [6, 6.07) is 0. The van der Waals surface area contributed by atoms with Crippen molar-refractivity contribution < 1.29 is 20.1 Å². The normalized spacial score (nSPS) is 55.4. The van der Waals surface area contributed by atoms with Gasteiger partial charge in [-0.15, -0.1) is 0 Å². The molecular weight excluding hydrogens is 436 g/mol. The van der Waals surface area contributed by atoms with E-state index in [0.717, 1.165) is 37.9 Å². The first-order chi connectivity index (χ1) is 16.5. The van der Waals surface area contributed by atoms with Gasteiger partial charge in [-0.3, -0.25) is 0 Å². The summed E-state index contributed by atoms with van der Waals surface area (Å²) in [6.07, 6.45) is 11.2. The minimum absolute atomic E-state index is 0.0876. The van der Waals surface area contributed by atoms with Crippen molar-refractivity contribution >= 4 is 0 Å². The maximum Gasteiger partial charge on any atom is 0.0641 e. The molecule has 5 saturated carbocycles. The lowest BCUT2D eigenvalue weighted by Crippen LogP contribution is -2.67. The van der Waals surface area contributed by atoms with Crippen LogP contribution in [-0.2, 0) is 4.74 Å². The number of aliphatic hydroxyl groups is 3. The highest BCUT2D eigenvalue weighted by molar-refractivity contribution is 5.22. The summed E-state index contributed by atoms with van der Waals surface area (Å²) < 4.78 is 5.88. The van der Waals surface area contributed by atoms with Crippen LogP contribution >= 0.6 is 0 Å². The van der Waals surface area contributed by atoms with E-state index in [1.165, 1.54) is 38.5 Å². The Morgan fingerprint density at radius 1 is 0.857 bits per heavy atom. The predicted molar refractivity (Wildman–Crippen MR) is 140 cm³/mol. The molecule has 3 N–H and O–H groups in total. The molecule has 35 heavy (non-hydrogen) atoms. The van der Waals surface area contributed by atoms with Gasteiger partial charge in [0.2, 0.25) is 0 Å². The monoisotopic (exact) mass is 488 g/mol. The number of hydrogen-bond acceptors (Lipinski definition) is 4. The zero-order valence-corrected chi connectivity index (χ0v) is 23.1. The van der Waals surface area contributed by atoms with E-state index in [1.54, 1.807) is 0 Å². The van der Waals surface area contributed by atoms with Crippen LogP contribution in [0.5, 0.6) is 0 Å². The second kappa shape index (κ2) is 8.55. The minimum atomic E-state index is -0.394. The highest BCUT2D eigenvalue weighted by Crippen LogP contribution is 2.77. The van der Waals surface area contributed by atoms with E-state index in [0.29, 0.717) is 29.6 Å². The predicted octanol–water partition coefficient (Wildman–Crippen LogP) is 5.60. The van der Waals surface area contributed by atoms with E-state index in [1.807, 2.05) is 7.11 Å². The molecule has 4 nitrogen and oxygen atoms in total. The van der Waals surface area contributed by atoms with Gasteiger partial charge in [-0.2, -0.15) is 0 Å². The molecule has 0 heterocycles. The summed E-state index contributed by atoms with van der Waals surface area (Å²) >= 11 is 0. The lowest BCUT2D eigenvalue weighted by atomic mass is 9.32. The van der Waals surface area contributed by atoms with Crippen LogP contribution in [0.25, 0.3) is 0 Å². The van der Waals surface area contributed by atoms with E-state index >= 15 is 0 Å². The van der Waals surface area contributed by atoms with Gasteiger partial charge in [0.15, 0.2) is 0 Å². The summed E-state index contributed by atoms with van der Waals surface area (Å²) in [7, 11) is 1.86. The van der Waals surface area contributed by atoms with Crippen LogP contribution in [0.15, 0.2) is 12.2 Å². The van der Waals surface area contributed by atoms with Gasteiger partial charge in [-0.1, -0.05) is 34.3 Å². The molecule has 5 aliphatic carbocycles. The van der Waals surface area contributed by atoms with E-state index in [4.69, 9.17) is 4.74 Å². The Morgan fingerprint density at radius 2 is 1.60 bits per heavy atom. The standard InChI is InChI=1S/C31H52O4/c1-20(17-32)21-9-14-31(19-35-6)16-15-29(4)22(26(21)31)7-8-24-27(2)12-11-25(34)28(3,18-33)23(27)10-13-30(24,29)5/h21-26,32-34H,1,7-19H2,2-6H3/t21-,22?,23+,24?,25-,26?,27-,28-,29+,30+,31+/m0/s1. The van der Waals surface area contributed by atoms with Crippen LogP contribution in [-0.4, -0.2) is 48.4 Å². The third-order valence-corrected chi connectivity index (χ3v) is 13.9. The SMILES string of the molecule is C=C(CO)[C@@H]1CC[C@]2(COC)CC[C@]3(C)C(CCC4[C@@]5(C)CC[C@H](O)[C@@](C)(CO)[C@@H]5CC[C@]43C)C12. The number of fused-ring (bicyclic) bond motifs is 7. The molecule has 200 valence electrons. The molecule has 0 aromatic carbocycles. The molecule has 0 amide bonds. The molecule has 5 rings (SSSR count). The molecule has 5 fully saturated rings. The molecule has 0 aromatic rings. The molecule has 4 heteroatoms. The van der Waals surface area contributed by atoms with Crippen molar-refractivity contribution in [1.82, 2.24) is 0 Å². The van der Waals surface area contributed by atoms with Crippen molar-refractivity contribution in [2.24, 2.45) is 56.7 Å². The molecule has 5 aliphatic rings. The van der Waals surface area contributed by atoms with Crippen LogP contribution in [0, 0.1) is 56.7 Å². The highest BCUT2D eigenvalue weighted by Gasteiger charge is 2.71. The average Bonchev–Trinajstić information content (AvgIpc) is 3.21. The molecule has 0 aromatic heterocycles. The van der Waals surface area contributed by atoms with Gasteiger partial charge in [0.25, 0.3) is 0 Å². The molecule has 0 aliphatic heterocycles. The smallest absolute Gasteiger partial charge is 0.0641 e. The van der Waals surface area contributed by atoms with E-state index in [9.17, 15) is 15.3 Å². The van der Waals surface area contributed by atoms with Crippen LogP contribution in [0.3, 0.4) is 0 Å². The van der Waals surface area contributed by atoms with Gasteiger partial charge in [0, 0.05) is 12.5 Å². The lowest BCUT2D eigenvalue weighted by molar-refractivity contribution is -0.255. The fourth-order valence-corrected chi connectivity index (χ4v) is 11.9. The van der Waals surface area contributed by atoms with Crippen LogP contribution in [0.1, 0.15) is 91.9 Å². The summed E-state index contributed by atoms with van der Waals surface area (Å²) in [5.74, 6) is 2.62. The number of hydrogen-bond donors (Lipinski definition) is 3. The third kappa shape index (κ3) is 3.25. The topological polar surface area (TPSA) is 69.9 Å². The van der Waals surface area contributed by atoms with Gasteiger partial charge in [0.05, 0.1) is 25.9 Å². The summed E-state index contributed by atoms with van der Waals surface area (Å²) in [5.41, 5.74) is 1.57. The Morgan fingerprint density at radius 3 is 2.26 bits per heavy atom. The maximum atomic E-state index is 11.0. The van der Waals surface area contributed by atoms with Gasteiger partial charge in [-0.25, -0.2) is 0 Å². The van der Waals surface area contributed by atoms with Crippen LogP contribution in [0.4, 0.5) is 0 Å². The molecular formula is C31H52O4. The van der Waals surface area contributed by atoms with E-state index in [-0.39, 0.29) is 40.3 Å². The Bertz CT molecular complexity index is 842. The van der Waals surface area contributed by atoms with Crippen molar-refractivity contribution in [2.75, 3.05) is 26.9 Å². The number of ether oxygens (including phenoxy) is 1. The summed E-state index contributed by atoms with van der Waals surface area (Å²) in [5, 5.41) is 31.5. The minimum Gasteiger partial charge on any atom is -0.396 e. The number of methoxy groups -OCH3 is 1. The van der Waals surface area contributed by atoms with Gasteiger partial charge in [0.1, 0.15) is 0 Å². The third-order valence-electron chi connectivity index (χ3n) is 13.9. The fourth-order valence-electron chi connectivity index (χ4n) is 11.9. The van der Waals surface area contributed by atoms with Gasteiger partial charge >= 0.3 is 0 Å². The van der Waals surface area contributed by atoms with Crippen molar-refractivity contribution in [3.63, 3.8) is 0 Å². The van der Waals surface area contributed by atoms with Crippen LogP contribution in [0.2, 0.25) is 0 Å². The van der Waals surface area contributed by atoms with Crippen LogP contribution < -0.4 is 0 Å². The molecule has 0 spiro atoms. The highest BCUT2D eigenvalue weighted by atomic mass is 16.5. The zero-order chi connectivity index (χ0) is 25.4. The van der Waals surface area contributed by atoms with Crippen molar-refractivity contribution in [1.29, 1.82) is 0 Å².